The first kappa shape index (κ1) is 15.4. The quantitative estimate of drug-likeness (QED) is 0.870. The molecule has 0 bridgehead atoms. The highest BCUT2D eigenvalue weighted by atomic mass is 15.6. The lowest BCUT2D eigenvalue weighted by Crippen LogP contribution is -2.30. The van der Waals surface area contributed by atoms with Crippen LogP contribution in [0.3, 0.4) is 0 Å². The molecule has 20 heavy (non-hydrogen) atoms. The lowest BCUT2D eigenvalue weighted by Gasteiger charge is -2.34. The monoisotopic (exact) mass is 279 g/mol. The highest BCUT2D eigenvalue weighted by Gasteiger charge is 2.31. The third-order valence-corrected chi connectivity index (χ3v) is 4.35. The van der Waals surface area contributed by atoms with Crippen LogP contribution in [0.5, 0.6) is 0 Å². The van der Waals surface area contributed by atoms with Gasteiger partial charge in [0.2, 0.25) is 0 Å². The zero-order valence-corrected chi connectivity index (χ0v) is 13.3. The summed E-state index contributed by atoms with van der Waals surface area (Å²) in [5.41, 5.74) is 0. The standard InChI is InChI=1S/C15H29N5/c1-11(2)9-16-10-15-17-18-19-20(15)14-8-6-5-7-13(14)12(3)4/h11-14,16H,5-10H2,1-4H3. The number of tetrazole rings is 1. The van der Waals surface area contributed by atoms with Crippen LogP contribution in [0.15, 0.2) is 0 Å². The molecule has 0 amide bonds. The van der Waals surface area contributed by atoms with Gasteiger partial charge in [0.15, 0.2) is 5.82 Å². The third-order valence-electron chi connectivity index (χ3n) is 4.35. The van der Waals surface area contributed by atoms with Crippen molar-refractivity contribution < 1.29 is 0 Å². The summed E-state index contributed by atoms with van der Waals surface area (Å²) >= 11 is 0. The van der Waals surface area contributed by atoms with E-state index in [9.17, 15) is 0 Å². The Kier molecular flexibility index (Phi) is 5.52. The van der Waals surface area contributed by atoms with Crippen molar-refractivity contribution in [2.24, 2.45) is 17.8 Å². The summed E-state index contributed by atoms with van der Waals surface area (Å²) < 4.78 is 2.09. The Balaban J connectivity index is 2.05. The second-order valence-corrected chi connectivity index (χ2v) is 6.82. The second-order valence-electron chi connectivity index (χ2n) is 6.82. The summed E-state index contributed by atoms with van der Waals surface area (Å²) in [5.74, 6) is 3.04. The summed E-state index contributed by atoms with van der Waals surface area (Å²) in [6.45, 7) is 10.9. The molecule has 0 saturated heterocycles. The van der Waals surface area contributed by atoms with Crippen LogP contribution in [0.1, 0.15) is 65.2 Å². The van der Waals surface area contributed by atoms with E-state index >= 15 is 0 Å². The van der Waals surface area contributed by atoms with Crippen LogP contribution < -0.4 is 5.32 Å². The molecule has 1 N–H and O–H groups in total. The second kappa shape index (κ2) is 7.16. The minimum Gasteiger partial charge on any atom is -0.310 e. The van der Waals surface area contributed by atoms with Gasteiger partial charge in [-0.1, -0.05) is 40.5 Å². The van der Waals surface area contributed by atoms with Gasteiger partial charge in [-0.05, 0) is 47.6 Å². The topological polar surface area (TPSA) is 55.6 Å². The summed E-state index contributed by atoms with van der Waals surface area (Å²) in [7, 11) is 0. The molecule has 1 aromatic rings. The Morgan fingerprint density at radius 3 is 2.65 bits per heavy atom. The Morgan fingerprint density at radius 2 is 1.95 bits per heavy atom. The number of aromatic nitrogens is 4. The Morgan fingerprint density at radius 1 is 1.20 bits per heavy atom. The molecular formula is C15H29N5. The first-order valence-corrected chi connectivity index (χ1v) is 8.07. The van der Waals surface area contributed by atoms with E-state index in [1.54, 1.807) is 0 Å². The Hall–Kier alpha value is -0.970. The van der Waals surface area contributed by atoms with Gasteiger partial charge in [0, 0.05) is 0 Å². The summed E-state index contributed by atoms with van der Waals surface area (Å²) in [4.78, 5) is 0. The molecule has 1 heterocycles. The van der Waals surface area contributed by atoms with Gasteiger partial charge in [-0.25, -0.2) is 4.68 Å². The van der Waals surface area contributed by atoms with Gasteiger partial charge in [0.1, 0.15) is 0 Å². The fourth-order valence-electron chi connectivity index (χ4n) is 3.28. The van der Waals surface area contributed by atoms with Crippen molar-refractivity contribution in [1.29, 1.82) is 0 Å². The molecule has 5 heteroatoms. The van der Waals surface area contributed by atoms with Crippen molar-refractivity contribution in [3.63, 3.8) is 0 Å². The SMILES string of the molecule is CC(C)CNCc1nnnn1C1CCCCC1C(C)C. The predicted octanol–water partition coefficient (Wildman–Crippen LogP) is 2.81. The van der Waals surface area contributed by atoms with Crippen LogP contribution in [0, 0.1) is 17.8 Å². The molecule has 1 fully saturated rings. The number of hydrogen-bond donors (Lipinski definition) is 1. The molecule has 2 rings (SSSR count). The van der Waals surface area contributed by atoms with Gasteiger partial charge in [-0.15, -0.1) is 5.10 Å². The Bertz CT molecular complexity index is 399. The smallest absolute Gasteiger partial charge is 0.165 e. The fourth-order valence-corrected chi connectivity index (χ4v) is 3.28. The van der Waals surface area contributed by atoms with E-state index in [4.69, 9.17) is 0 Å². The van der Waals surface area contributed by atoms with Crippen molar-refractivity contribution in [2.45, 2.75) is 66.0 Å². The van der Waals surface area contributed by atoms with Crippen LogP contribution >= 0.6 is 0 Å². The molecule has 114 valence electrons. The van der Waals surface area contributed by atoms with Crippen LogP contribution in [0.2, 0.25) is 0 Å². The van der Waals surface area contributed by atoms with Gasteiger partial charge in [0.05, 0.1) is 12.6 Å². The lowest BCUT2D eigenvalue weighted by molar-refractivity contribution is 0.166. The molecule has 0 radical (unpaired) electrons. The molecule has 1 aliphatic carbocycles. The van der Waals surface area contributed by atoms with E-state index in [1.807, 2.05) is 0 Å². The molecule has 1 aromatic heterocycles. The summed E-state index contributed by atoms with van der Waals surface area (Å²) in [6, 6.07) is 0.481. The number of rotatable bonds is 6. The van der Waals surface area contributed by atoms with Gasteiger partial charge in [-0.3, -0.25) is 0 Å². The van der Waals surface area contributed by atoms with Crippen LogP contribution in [0.4, 0.5) is 0 Å². The number of nitrogens with one attached hydrogen (secondary N) is 1. The molecule has 0 spiro atoms. The van der Waals surface area contributed by atoms with Crippen LogP contribution in [-0.4, -0.2) is 26.8 Å². The maximum Gasteiger partial charge on any atom is 0.165 e. The van der Waals surface area contributed by atoms with Crippen molar-refractivity contribution in [1.82, 2.24) is 25.5 Å². The van der Waals surface area contributed by atoms with Gasteiger partial charge >= 0.3 is 0 Å². The maximum absolute atomic E-state index is 4.29. The minimum atomic E-state index is 0.481. The molecular weight excluding hydrogens is 250 g/mol. The molecule has 1 saturated carbocycles. The minimum absolute atomic E-state index is 0.481. The highest BCUT2D eigenvalue weighted by molar-refractivity contribution is 4.89. The van der Waals surface area contributed by atoms with E-state index in [1.165, 1.54) is 25.7 Å². The third kappa shape index (κ3) is 3.78. The van der Waals surface area contributed by atoms with E-state index in [-0.39, 0.29) is 0 Å². The van der Waals surface area contributed by atoms with Crippen molar-refractivity contribution in [3.05, 3.63) is 5.82 Å². The molecule has 2 atom stereocenters. The molecule has 2 unspecified atom stereocenters. The fraction of sp³-hybridized carbons (Fsp3) is 0.933. The van der Waals surface area contributed by atoms with Crippen molar-refractivity contribution >= 4 is 0 Å². The van der Waals surface area contributed by atoms with E-state index in [0.717, 1.165) is 18.9 Å². The van der Waals surface area contributed by atoms with E-state index in [2.05, 4.69) is 53.2 Å². The zero-order valence-electron chi connectivity index (χ0n) is 13.3. The van der Waals surface area contributed by atoms with Crippen LogP contribution in [0.25, 0.3) is 0 Å². The van der Waals surface area contributed by atoms with E-state index < -0.39 is 0 Å². The Labute approximate surface area is 122 Å². The lowest BCUT2D eigenvalue weighted by atomic mass is 9.78. The molecule has 0 aliphatic heterocycles. The summed E-state index contributed by atoms with van der Waals surface area (Å²) in [6.07, 6.45) is 5.17. The van der Waals surface area contributed by atoms with Gasteiger partial charge in [-0.2, -0.15) is 0 Å². The molecule has 0 aromatic carbocycles. The van der Waals surface area contributed by atoms with E-state index in [0.29, 0.717) is 23.8 Å². The van der Waals surface area contributed by atoms with Crippen molar-refractivity contribution in [3.8, 4) is 0 Å². The van der Waals surface area contributed by atoms with Gasteiger partial charge < -0.3 is 5.32 Å². The summed E-state index contributed by atoms with van der Waals surface area (Å²) in [5, 5.41) is 15.9. The largest absolute Gasteiger partial charge is 0.310 e. The number of nitrogens with zero attached hydrogens (tertiary/aromatic N) is 4. The first-order valence-electron chi connectivity index (χ1n) is 8.07. The molecule has 5 nitrogen and oxygen atoms in total. The van der Waals surface area contributed by atoms with Gasteiger partial charge in [0.25, 0.3) is 0 Å². The van der Waals surface area contributed by atoms with Crippen molar-refractivity contribution in [2.75, 3.05) is 6.54 Å². The predicted molar refractivity (Wildman–Crippen MR) is 80.2 cm³/mol. The number of hydrogen-bond acceptors (Lipinski definition) is 4. The highest BCUT2D eigenvalue weighted by Crippen LogP contribution is 2.38. The average molecular weight is 279 g/mol. The average Bonchev–Trinajstić information content (AvgIpc) is 2.86. The van der Waals surface area contributed by atoms with Crippen LogP contribution in [-0.2, 0) is 6.54 Å². The normalized spacial score (nSPS) is 23.7. The maximum atomic E-state index is 4.29. The molecule has 1 aliphatic rings. The zero-order chi connectivity index (χ0) is 14.5. The first-order chi connectivity index (χ1) is 9.59.